The Kier molecular flexibility index (Phi) is 4.88. The van der Waals surface area contributed by atoms with E-state index in [1.165, 1.54) is 11.3 Å². The minimum atomic E-state index is -0.838. The van der Waals surface area contributed by atoms with Gasteiger partial charge < -0.3 is 15.0 Å². The molecule has 1 saturated heterocycles. The van der Waals surface area contributed by atoms with E-state index in [0.29, 0.717) is 30.9 Å². The zero-order valence-electron chi connectivity index (χ0n) is 9.59. The normalized spacial score (nSPS) is 19.8. The number of hydrogen-bond acceptors (Lipinski definition) is 4. The lowest BCUT2D eigenvalue weighted by molar-refractivity contribution is -0.126. The molecule has 0 unspecified atom stereocenters. The third kappa shape index (κ3) is 3.16. The molecule has 96 valence electrons. The van der Waals surface area contributed by atoms with E-state index in [1.54, 1.807) is 0 Å². The van der Waals surface area contributed by atoms with E-state index >= 15 is 0 Å². The van der Waals surface area contributed by atoms with Crippen LogP contribution in [-0.2, 0) is 16.6 Å². The number of amides is 1. The van der Waals surface area contributed by atoms with Gasteiger partial charge >= 0.3 is 0 Å². The fourth-order valence-electron chi connectivity index (χ4n) is 1.58. The Hall–Kier alpha value is -0.690. The highest BCUT2D eigenvalue weighted by Crippen LogP contribution is 2.18. The van der Waals surface area contributed by atoms with Crippen molar-refractivity contribution in [3.8, 4) is 0 Å². The van der Waals surface area contributed by atoms with Crippen molar-refractivity contribution in [3.63, 3.8) is 0 Å². The fraction of sp³-hybridized carbons (Fsp3) is 0.600. The van der Waals surface area contributed by atoms with Crippen molar-refractivity contribution in [1.29, 1.82) is 0 Å². The van der Waals surface area contributed by atoms with Crippen molar-refractivity contribution in [2.45, 2.75) is 18.4 Å². The number of ether oxygens (including phenoxy) is 1. The van der Waals surface area contributed by atoms with Crippen LogP contribution in [0.2, 0.25) is 0 Å². The summed E-state index contributed by atoms with van der Waals surface area (Å²) in [7, 11) is 1.86. The summed E-state index contributed by atoms with van der Waals surface area (Å²) in [6.07, 6.45) is 2.96. The third-order valence-electron chi connectivity index (χ3n) is 2.77. The van der Waals surface area contributed by atoms with E-state index in [-0.39, 0.29) is 18.3 Å². The summed E-state index contributed by atoms with van der Waals surface area (Å²) < 4.78 is 7.01. The van der Waals surface area contributed by atoms with Gasteiger partial charge in [0.05, 0.1) is 0 Å². The Labute approximate surface area is 110 Å². The first-order chi connectivity index (χ1) is 7.62. The van der Waals surface area contributed by atoms with Crippen LogP contribution in [0.1, 0.15) is 12.8 Å². The number of carbonyl (C=O) groups is 1. The lowest BCUT2D eigenvalue weighted by atomic mass is 9.91. The van der Waals surface area contributed by atoms with Gasteiger partial charge in [-0.15, -0.1) is 23.7 Å². The number of rotatable bonds is 1. The molecular formula is C10H16ClN3O2S. The van der Waals surface area contributed by atoms with E-state index in [0.717, 1.165) is 0 Å². The highest BCUT2D eigenvalue weighted by molar-refractivity contribution is 7.07. The van der Waals surface area contributed by atoms with Crippen molar-refractivity contribution in [2.75, 3.05) is 13.2 Å². The Morgan fingerprint density at radius 3 is 2.76 bits per heavy atom. The first-order valence-electron chi connectivity index (χ1n) is 5.18. The second-order valence-corrected chi connectivity index (χ2v) is 4.85. The van der Waals surface area contributed by atoms with Gasteiger partial charge in [-0.25, -0.2) is 0 Å². The van der Waals surface area contributed by atoms with Crippen LogP contribution in [0.5, 0.6) is 0 Å². The van der Waals surface area contributed by atoms with Gasteiger partial charge in [-0.05, 0) is 12.8 Å². The zero-order valence-corrected chi connectivity index (χ0v) is 11.2. The molecule has 0 bridgehead atoms. The Morgan fingerprint density at radius 1 is 1.59 bits per heavy atom. The number of nitrogens with two attached hydrogens (primary N) is 1. The lowest BCUT2D eigenvalue weighted by Gasteiger charge is -2.29. The van der Waals surface area contributed by atoms with E-state index in [1.807, 2.05) is 23.2 Å². The van der Waals surface area contributed by atoms with Crippen LogP contribution in [0.3, 0.4) is 0 Å². The molecule has 0 spiro atoms. The highest BCUT2D eigenvalue weighted by atomic mass is 35.5. The van der Waals surface area contributed by atoms with Gasteiger partial charge in [0.15, 0.2) is 4.80 Å². The predicted octanol–water partition coefficient (Wildman–Crippen LogP) is 0.444. The van der Waals surface area contributed by atoms with E-state index in [9.17, 15) is 4.79 Å². The van der Waals surface area contributed by atoms with Gasteiger partial charge in [0.25, 0.3) is 5.91 Å². The molecule has 2 heterocycles. The monoisotopic (exact) mass is 277 g/mol. The van der Waals surface area contributed by atoms with Gasteiger partial charge in [-0.3, -0.25) is 4.79 Å². The molecule has 0 radical (unpaired) electrons. The number of nitrogens with zero attached hydrogens (tertiary/aromatic N) is 2. The highest BCUT2D eigenvalue weighted by Gasteiger charge is 2.35. The fourth-order valence-corrected chi connectivity index (χ4v) is 2.31. The van der Waals surface area contributed by atoms with Crippen molar-refractivity contribution in [3.05, 3.63) is 16.4 Å². The molecule has 1 fully saturated rings. The summed E-state index contributed by atoms with van der Waals surface area (Å²) >= 11 is 1.43. The number of thiazole rings is 1. The lowest BCUT2D eigenvalue weighted by Crippen LogP contribution is -2.51. The number of hydrogen-bond donors (Lipinski definition) is 1. The van der Waals surface area contributed by atoms with Gasteiger partial charge in [0, 0.05) is 31.8 Å². The molecule has 1 aromatic rings. The van der Waals surface area contributed by atoms with Crippen LogP contribution in [0.25, 0.3) is 0 Å². The van der Waals surface area contributed by atoms with Crippen molar-refractivity contribution in [1.82, 2.24) is 4.57 Å². The summed E-state index contributed by atoms with van der Waals surface area (Å²) in [5.74, 6) is -0.242. The minimum absolute atomic E-state index is 0. The van der Waals surface area contributed by atoms with Gasteiger partial charge in [0.2, 0.25) is 0 Å². The second kappa shape index (κ2) is 5.77. The Balaban J connectivity index is 0.00000144. The van der Waals surface area contributed by atoms with Crippen molar-refractivity contribution in [2.24, 2.45) is 17.8 Å². The number of aromatic nitrogens is 1. The molecule has 1 aliphatic heterocycles. The maximum atomic E-state index is 12.0. The molecule has 7 heteroatoms. The van der Waals surface area contributed by atoms with E-state index < -0.39 is 5.54 Å². The van der Waals surface area contributed by atoms with Crippen LogP contribution in [0.15, 0.2) is 16.6 Å². The maximum absolute atomic E-state index is 12.0. The third-order valence-corrected chi connectivity index (χ3v) is 3.62. The molecule has 1 aliphatic rings. The first-order valence-corrected chi connectivity index (χ1v) is 6.06. The molecule has 1 amide bonds. The molecule has 5 nitrogen and oxygen atoms in total. The van der Waals surface area contributed by atoms with Crippen LogP contribution in [0.4, 0.5) is 0 Å². The summed E-state index contributed by atoms with van der Waals surface area (Å²) in [6.45, 7) is 1.07. The van der Waals surface area contributed by atoms with Crippen LogP contribution in [0, 0.1) is 0 Å². The molecular weight excluding hydrogens is 262 g/mol. The maximum Gasteiger partial charge on any atom is 0.268 e. The van der Waals surface area contributed by atoms with E-state index in [4.69, 9.17) is 10.5 Å². The summed E-state index contributed by atoms with van der Waals surface area (Å²) in [4.78, 5) is 16.7. The summed E-state index contributed by atoms with van der Waals surface area (Å²) in [5.41, 5.74) is 5.20. The topological polar surface area (TPSA) is 69.6 Å². The van der Waals surface area contributed by atoms with Crippen molar-refractivity contribution >= 4 is 29.7 Å². The molecule has 0 aliphatic carbocycles. The second-order valence-electron chi connectivity index (χ2n) is 3.98. The first kappa shape index (κ1) is 14.4. The van der Waals surface area contributed by atoms with Crippen molar-refractivity contribution < 1.29 is 9.53 Å². The SMILES string of the molecule is Cl.Cn1ccsc1=NC(=O)C1(N)CCOCC1. The summed E-state index contributed by atoms with van der Waals surface area (Å²) in [6, 6.07) is 0. The Morgan fingerprint density at radius 2 is 2.24 bits per heavy atom. The Bertz CT molecular complexity index is 448. The minimum Gasteiger partial charge on any atom is -0.381 e. The number of halogens is 1. The molecule has 0 saturated carbocycles. The van der Waals surface area contributed by atoms with Crippen LogP contribution >= 0.6 is 23.7 Å². The van der Waals surface area contributed by atoms with Gasteiger partial charge in [0.1, 0.15) is 5.54 Å². The average Bonchev–Trinajstić information content (AvgIpc) is 2.65. The molecule has 0 aromatic carbocycles. The average molecular weight is 278 g/mol. The van der Waals surface area contributed by atoms with Crippen LogP contribution in [-0.4, -0.2) is 29.2 Å². The van der Waals surface area contributed by atoms with Crippen LogP contribution < -0.4 is 10.5 Å². The quantitative estimate of drug-likeness (QED) is 0.810. The molecule has 17 heavy (non-hydrogen) atoms. The number of carbonyl (C=O) groups excluding carboxylic acids is 1. The zero-order chi connectivity index (χ0) is 11.6. The molecule has 0 atom stereocenters. The molecule has 2 rings (SSSR count). The van der Waals surface area contributed by atoms with Gasteiger partial charge in [-0.1, -0.05) is 0 Å². The summed E-state index contributed by atoms with van der Waals surface area (Å²) in [5, 5.41) is 1.89. The van der Waals surface area contributed by atoms with Gasteiger partial charge in [-0.2, -0.15) is 4.99 Å². The smallest absolute Gasteiger partial charge is 0.268 e. The van der Waals surface area contributed by atoms with E-state index in [2.05, 4.69) is 4.99 Å². The predicted molar refractivity (Wildman–Crippen MR) is 68.1 cm³/mol. The molecule has 1 aromatic heterocycles. The number of aryl methyl sites for hydroxylation is 1. The standard InChI is InChI=1S/C10H15N3O2S.ClH/c1-13-4-7-16-9(13)12-8(14)10(11)2-5-15-6-3-10;/h4,7H,2-3,5-6,11H2,1H3;1H. The molecule has 2 N–H and O–H groups in total. The largest absolute Gasteiger partial charge is 0.381 e.